The van der Waals surface area contributed by atoms with E-state index in [0.717, 1.165) is 0 Å². The highest BCUT2D eigenvalue weighted by Crippen LogP contribution is 1.96. The predicted octanol–water partition coefficient (Wildman–Crippen LogP) is 1.17. The highest BCUT2D eigenvalue weighted by molar-refractivity contribution is 6.17. The molecule has 0 amide bonds. The van der Waals surface area contributed by atoms with Crippen molar-refractivity contribution in [2.75, 3.05) is 12.5 Å². The van der Waals surface area contributed by atoms with E-state index in [9.17, 15) is 0 Å². The molecule has 0 aromatic carbocycles. The molecule has 9 heavy (non-hydrogen) atoms. The number of ether oxygens (including phenoxy) is 1. The molecule has 0 aliphatic carbocycles. The van der Waals surface area contributed by atoms with Gasteiger partial charge in [0, 0.05) is 18.9 Å². The molecule has 0 aromatic heterocycles. The molecular weight excluding hydrogens is 140 g/mol. The summed E-state index contributed by atoms with van der Waals surface area (Å²) in [7, 11) is 0. The first-order valence-corrected chi connectivity index (χ1v) is 3.49. The average molecular weight is 152 g/mol. The van der Waals surface area contributed by atoms with E-state index >= 15 is 0 Å². The van der Waals surface area contributed by atoms with Crippen LogP contribution in [0.15, 0.2) is 0 Å². The zero-order valence-electron chi connectivity index (χ0n) is 5.35. The first-order valence-electron chi connectivity index (χ1n) is 2.96. The maximum Gasteiger partial charge on any atom is 0.155 e. The third-order valence-corrected chi connectivity index (χ3v) is 1.03. The van der Waals surface area contributed by atoms with Gasteiger partial charge in [-0.2, -0.15) is 0 Å². The molecule has 0 aliphatic rings. The quantitative estimate of drug-likeness (QED) is 0.472. The van der Waals surface area contributed by atoms with Gasteiger partial charge in [0.2, 0.25) is 0 Å². The molecule has 0 saturated heterocycles. The molecule has 0 aliphatic heterocycles. The second-order valence-corrected chi connectivity index (χ2v) is 2.03. The van der Waals surface area contributed by atoms with Gasteiger partial charge in [0.25, 0.3) is 0 Å². The zero-order chi connectivity index (χ0) is 7.11. The number of rotatable bonds is 5. The number of alkyl halides is 1. The standard InChI is InChI=1S/C6H12ClO2/c1-2-5-9-6(8)3-4-7/h6,8H,1-5H2. The summed E-state index contributed by atoms with van der Waals surface area (Å²) in [6.45, 7) is 4.05. The highest BCUT2D eigenvalue weighted by Gasteiger charge is 1.99. The van der Waals surface area contributed by atoms with Gasteiger partial charge in [-0.1, -0.05) is 6.92 Å². The summed E-state index contributed by atoms with van der Waals surface area (Å²) in [5.41, 5.74) is 0. The molecule has 0 aromatic rings. The lowest BCUT2D eigenvalue weighted by molar-refractivity contribution is -0.0980. The van der Waals surface area contributed by atoms with Gasteiger partial charge < -0.3 is 9.84 Å². The Kier molecular flexibility index (Phi) is 6.48. The summed E-state index contributed by atoms with van der Waals surface area (Å²) < 4.78 is 4.84. The Hall–Kier alpha value is 0.210. The van der Waals surface area contributed by atoms with E-state index in [2.05, 4.69) is 6.92 Å². The van der Waals surface area contributed by atoms with E-state index in [-0.39, 0.29) is 0 Å². The maximum absolute atomic E-state index is 8.85. The lowest BCUT2D eigenvalue weighted by Crippen LogP contribution is -2.12. The van der Waals surface area contributed by atoms with Crippen LogP contribution in [0.25, 0.3) is 0 Å². The second-order valence-electron chi connectivity index (χ2n) is 1.66. The summed E-state index contributed by atoms with van der Waals surface area (Å²) in [5, 5.41) is 8.85. The van der Waals surface area contributed by atoms with Crippen molar-refractivity contribution in [3.8, 4) is 0 Å². The molecular formula is C6H12ClO2. The van der Waals surface area contributed by atoms with Crippen LogP contribution in [0.1, 0.15) is 12.8 Å². The maximum atomic E-state index is 8.85. The van der Waals surface area contributed by atoms with Gasteiger partial charge in [-0.05, 0) is 6.42 Å². The fourth-order valence-corrected chi connectivity index (χ4v) is 0.583. The number of aliphatic hydroxyl groups excluding tert-OH is 1. The SMILES string of the molecule is [CH2]CCOC(O)CCCl. The summed E-state index contributed by atoms with van der Waals surface area (Å²) in [6.07, 6.45) is 0.463. The van der Waals surface area contributed by atoms with Crippen LogP contribution in [0.3, 0.4) is 0 Å². The molecule has 0 bridgehead atoms. The Bertz CT molecular complexity index is 59.0. The Morgan fingerprint density at radius 2 is 2.33 bits per heavy atom. The molecule has 0 spiro atoms. The van der Waals surface area contributed by atoms with E-state index in [1.165, 1.54) is 0 Å². The van der Waals surface area contributed by atoms with Crippen LogP contribution in [-0.4, -0.2) is 23.9 Å². The smallest absolute Gasteiger partial charge is 0.155 e. The van der Waals surface area contributed by atoms with E-state index in [0.29, 0.717) is 25.3 Å². The van der Waals surface area contributed by atoms with E-state index in [4.69, 9.17) is 21.4 Å². The van der Waals surface area contributed by atoms with Gasteiger partial charge in [0.05, 0.1) is 0 Å². The molecule has 3 heteroatoms. The number of aliphatic hydroxyl groups is 1. The van der Waals surface area contributed by atoms with E-state index in [1.54, 1.807) is 0 Å². The minimum atomic E-state index is -0.704. The molecule has 1 atom stereocenters. The Morgan fingerprint density at radius 1 is 1.67 bits per heavy atom. The van der Waals surface area contributed by atoms with Gasteiger partial charge in [-0.3, -0.25) is 0 Å². The van der Waals surface area contributed by atoms with Gasteiger partial charge in [0.1, 0.15) is 0 Å². The summed E-state index contributed by atoms with van der Waals surface area (Å²) >= 11 is 5.32. The average Bonchev–Trinajstić information content (AvgIpc) is 1.85. The fraction of sp³-hybridized carbons (Fsp3) is 0.833. The van der Waals surface area contributed by atoms with Gasteiger partial charge in [-0.25, -0.2) is 0 Å². The van der Waals surface area contributed by atoms with Crippen molar-refractivity contribution < 1.29 is 9.84 Å². The molecule has 1 N–H and O–H groups in total. The van der Waals surface area contributed by atoms with Crippen molar-refractivity contribution in [2.45, 2.75) is 19.1 Å². The van der Waals surface area contributed by atoms with Crippen molar-refractivity contribution in [3.05, 3.63) is 6.92 Å². The molecule has 1 radical (unpaired) electrons. The van der Waals surface area contributed by atoms with Crippen LogP contribution in [0, 0.1) is 6.92 Å². The third kappa shape index (κ3) is 6.09. The summed E-state index contributed by atoms with van der Waals surface area (Å²) in [5.74, 6) is 0.429. The van der Waals surface area contributed by atoms with E-state index in [1.807, 2.05) is 0 Å². The highest BCUT2D eigenvalue weighted by atomic mass is 35.5. The summed E-state index contributed by atoms with van der Waals surface area (Å²) in [6, 6.07) is 0. The molecule has 55 valence electrons. The van der Waals surface area contributed by atoms with Gasteiger partial charge in [-0.15, -0.1) is 11.6 Å². The van der Waals surface area contributed by atoms with Crippen LogP contribution in [0.5, 0.6) is 0 Å². The third-order valence-electron chi connectivity index (χ3n) is 0.811. The van der Waals surface area contributed by atoms with Crippen molar-refractivity contribution in [1.29, 1.82) is 0 Å². The Morgan fingerprint density at radius 3 is 2.78 bits per heavy atom. The molecule has 0 fully saturated rings. The topological polar surface area (TPSA) is 29.5 Å². The molecule has 1 unspecified atom stereocenters. The van der Waals surface area contributed by atoms with Crippen molar-refractivity contribution in [1.82, 2.24) is 0 Å². The lowest BCUT2D eigenvalue weighted by atomic mass is 10.4. The van der Waals surface area contributed by atoms with E-state index < -0.39 is 6.29 Å². The first-order chi connectivity index (χ1) is 4.31. The van der Waals surface area contributed by atoms with Crippen LogP contribution in [0.4, 0.5) is 0 Å². The Labute approximate surface area is 60.8 Å². The monoisotopic (exact) mass is 151 g/mol. The minimum absolute atomic E-state index is 0.429. The number of halogens is 1. The number of hydrogen-bond donors (Lipinski definition) is 1. The molecule has 0 saturated carbocycles. The molecule has 2 nitrogen and oxygen atoms in total. The summed E-state index contributed by atoms with van der Waals surface area (Å²) in [4.78, 5) is 0. The Balaban J connectivity index is 2.95. The van der Waals surface area contributed by atoms with Crippen LogP contribution in [-0.2, 0) is 4.74 Å². The number of hydrogen-bond acceptors (Lipinski definition) is 2. The van der Waals surface area contributed by atoms with Crippen molar-refractivity contribution in [2.24, 2.45) is 0 Å². The molecule has 0 rings (SSSR count). The second kappa shape index (κ2) is 6.33. The lowest BCUT2D eigenvalue weighted by Gasteiger charge is -2.07. The normalized spacial score (nSPS) is 13.7. The fourth-order valence-electron chi connectivity index (χ4n) is 0.396. The van der Waals surface area contributed by atoms with Gasteiger partial charge in [0.15, 0.2) is 6.29 Å². The van der Waals surface area contributed by atoms with Crippen molar-refractivity contribution in [3.63, 3.8) is 0 Å². The molecule has 0 heterocycles. The zero-order valence-corrected chi connectivity index (χ0v) is 6.10. The van der Waals surface area contributed by atoms with Crippen LogP contribution >= 0.6 is 11.6 Å². The first kappa shape index (κ1) is 9.21. The minimum Gasteiger partial charge on any atom is -0.368 e. The van der Waals surface area contributed by atoms with Crippen LogP contribution in [0.2, 0.25) is 0 Å². The van der Waals surface area contributed by atoms with Gasteiger partial charge >= 0.3 is 0 Å². The van der Waals surface area contributed by atoms with Crippen molar-refractivity contribution >= 4 is 11.6 Å². The van der Waals surface area contributed by atoms with Crippen LogP contribution < -0.4 is 0 Å². The largest absolute Gasteiger partial charge is 0.368 e. The predicted molar refractivity (Wildman–Crippen MR) is 37.3 cm³/mol.